The number of nitrogens with zero attached hydrogens (tertiary/aromatic N) is 6. The Morgan fingerprint density at radius 2 is 0.794 bits per heavy atom. The molecule has 0 atom stereocenters. The summed E-state index contributed by atoms with van der Waals surface area (Å²) in [7, 11) is 0. The van der Waals surface area contributed by atoms with Crippen LogP contribution in [0.4, 0.5) is 5.69 Å². The highest BCUT2D eigenvalue weighted by molar-refractivity contribution is 6.11. The fourth-order valence-electron chi connectivity index (χ4n) is 8.36. The number of aromatic nitrogens is 5. The van der Waals surface area contributed by atoms with Crippen molar-refractivity contribution in [2.24, 2.45) is 0 Å². The Kier molecular flexibility index (Phi) is 9.45. The minimum atomic E-state index is 0.607. The average molecular weight is 805 g/mol. The normalized spacial score (nSPS) is 11.2. The molecule has 0 N–H and O–H groups in total. The molecule has 0 aliphatic rings. The van der Waals surface area contributed by atoms with Crippen LogP contribution in [-0.2, 0) is 0 Å². The molecule has 3 heterocycles. The average Bonchev–Trinajstić information content (AvgIpc) is 3.70. The summed E-state index contributed by atoms with van der Waals surface area (Å²) in [5.74, 6) is 1.24. The van der Waals surface area contributed by atoms with Gasteiger partial charge in [0.2, 0.25) is 0 Å². The van der Waals surface area contributed by atoms with Gasteiger partial charge in [0, 0.05) is 44.2 Å². The van der Waals surface area contributed by atoms with Crippen LogP contribution in [0.2, 0.25) is 0 Å². The molecule has 11 rings (SSSR count). The molecular formula is C57H36N6. The van der Waals surface area contributed by atoms with E-state index in [0.29, 0.717) is 17.3 Å². The molecule has 8 aromatic carbocycles. The Morgan fingerprint density at radius 3 is 1.38 bits per heavy atom. The number of benzene rings is 8. The Hall–Kier alpha value is -8.79. The van der Waals surface area contributed by atoms with Crippen molar-refractivity contribution in [1.82, 2.24) is 24.5 Å². The van der Waals surface area contributed by atoms with Crippen LogP contribution in [0.3, 0.4) is 0 Å². The summed E-state index contributed by atoms with van der Waals surface area (Å²) in [6.45, 7) is 7.50. The monoisotopic (exact) mass is 804 g/mol. The molecule has 11 aromatic rings. The van der Waals surface area contributed by atoms with Crippen LogP contribution < -0.4 is 0 Å². The maximum absolute atomic E-state index is 7.50. The van der Waals surface area contributed by atoms with E-state index in [1.807, 2.05) is 97.1 Å². The van der Waals surface area contributed by atoms with Gasteiger partial charge in [-0.05, 0) is 53.6 Å². The molecule has 294 valence electrons. The molecule has 0 spiro atoms. The van der Waals surface area contributed by atoms with Crippen LogP contribution in [0.25, 0.3) is 111 Å². The third kappa shape index (κ3) is 7.10. The fourth-order valence-corrected chi connectivity index (χ4v) is 8.36. The highest BCUT2D eigenvalue weighted by Gasteiger charge is 2.21. The molecule has 63 heavy (non-hydrogen) atoms. The Bertz CT molecular complexity index is 3370. The molecule has 6 nitrogen and oxygen atoms in total. The van der Waals surface area contributed by atoms with Gasteiger partial charge in [-0.25, -0.2) is 24.8 Å². The van der Waals surface area contributed by atoms with Crippen LogP contribution in [0, 0.1) is 6.57 Å². The second-order valence-corrected chi connectivity index (χ2v) is 15.4. The van der Waals surface area contributed by atoms with Crippen molar-refractivity contribution in [3.63, 3.8) is 0 Å². The number of para-hydroxylation sites is 1. The summed E-state index contributed by atoms with van der Waals surface area (Å²) in [6, 6.07) is 74.6. The molecule has 6 heteroatoms. The first kappa shape index (κ1) is 37.2. The van der Waals surface area contributed by atoms with Crippen molar-refractivity contribution in [3.05, 3.63) is 230 Å². The quantitative estimate of drug-likeness (QED) is 0.144. The van der Waals surface area contributed by atoms with E-state index in [4.69, 9.17) is 26.5 Å². The van der Waals surface area contributed by atoms with Gasteiger partial charge in [0.05, 0.1) is 46.1 Å². The predicted molar refractivity (Wildman–Crippen MR) is 256 cm³/mol. The van der Waals surface area contributed by atoms with Crippen molar-refractivity contribution in [2.75, 3.05) is 0 Å². The number of hydrogen-bond acceptors (Lipinski definition) is 4. The van der Waals surface area contributed by atoms with Crippen LogP contribution in [0.5, 0.6) is 0 Å². The second-order valence-electron chi connectivity index (χ2n) is 15.4. The maximum atomic E-state index is 7.50. The summed E-state index contributed by atoms with van der Waals surface area (Å²) in [6.07, 6.45) is 0. The highest BCUT2D eigenvalue weighted by atomic mass is 15.0. The standard InChI is InChI=1S/C57H36N6/c1-58-45-30-26-38(27-31-45)43-28-32-47-46-24-14-15-25-53(46)63(55(47)35-43)54-33-29-44(57-60-49(39-16-6-2-7-17-39)36-50(61-57)40-18-8-3-9-19-40)34-48(54)52-37-51(41-20-10-4-11-21-41)59-56(62-52)42-22-12-5-13-23-42/h2-37H. The van der Waals surface area contributed by atoms with E-state index >= 15 is 0 Å². The van der Waals surface area contributed by atoms with E-state index in [1.165, 1.54) is 0 Å². The summed E-state index contributed by atoms with van der Waals surface area (Å²) >= 11 is 0. The van der Waals surface area contributed by atoms with Crippen LogP contribution >= 0.6 is 0 Å². The first-order valence-corrected chi connectivity index (χ1v) is 20.8. The van der Waals surface area contributed by atoms with E-state index in [2.05, 4.69) is 131 Å². The first-order valence-electron chi connectivity index (χ1n) is 20.8. The smallest absolute Gasteiger partial charge is 0.187 e. The van der Waals surface area contributed by atoms with Gasteiger partial charge < -0.3 is 4.57 Å². The minimum absolute atomic E-state index is 0.607. The Labute approximate surface area is 365 Å². The molecular weight excluding hydrogens is 769 g/mol. The van der Waals surface area contributed by atoms with Gasteiger partial charge in [0.15, 0.2) is 17.3 Å². The van der Waals surface area contributed by atoms with Gasteiger partial charge >= 0.3 is 0 Å². The zero-order chi connectivity index (χ0) is 42.1. The van der Waals surface area contributed by atoms with Crippen molar-refractivity contribution >= 4 is 27.5 Å². The van der Waals surface area contributed by atoms with Gasteiger partial charge in [0.25, 0.3) is 0 Å². The summed E-state index contributed by atoms with van der Waals surface area (Å²) in [5, 5.41) is 2.27. The lowest BCUT2D eigenvalue weighted by atomic mass is 10.0. The molecule has 0 fully saturated rings. The zero-order valence-corrected chi connectivity index (χ0v) is 34.0. The summed E-state index contributed by atoms with van der Waals surface area (Å²) < 4.78 is 2.35. The second kappa shape index (κ2) is 16.0. The van der Waals surface area contributed by atoms with E-state index in [0.717, 1.165) is 94.8 Å². The van der Waals surface area contributed by atoms with Gasteiger partial charge in [-0.15, -0.1) is 0 Å². The van der Waals surface area contributed by atoms with Crippen molar-refractivity contribution in [2.45, 2.75) is 0 Å². The third-order valence-electron chi connectivity index (χ3n) is 11.5. The van der Waals surface area contributed by atoms with E-state index in [1.54, 1.807) is 0 Å². The largest absolute Gasteiger partial charge is 0.309 e. The van der Waals surface area contributed by atoms with Gasteiger partial charge in [-0.2, -0.15) is 0 Å². The molecule has 0 aliphatic carbocycles. The highest BCUT2D eigenvalue weighted by Crippen LogP contribution is 2.40. The van der Waals surface area contributed by atoms with Gasteiger partial charge in [-0.1, -0.05) is 176 Å². The Morgan fingerprint density at radius 1 is 0.333 bits per heavy atom. The van der Waals surface area contributed by atoms with E-state index in [-0.39, 0.29) is 0 Å². The number of rotatable bonds is 8. The van der Waals surface area contributed by atoms with Crippen molar-refractivity contribution < 1.29 is 0 Å². The van der Waals surface area contributed by atoms with Crippen LogP contribution in [0.1, 0.15) is 0 Å². The van der Waals surface area contributed by atoms with E-state index < -0.39 is 0 Å². The molecule has 0 bridgehead atoms. The molecule has 0 amide bonds. The molecule has 0 aliphatic heterocycles. The predicted octanol–water partition coefficient (Wildman–Crippen LogP) is 14.6. The van der Waals surface area contributed by atoms with Gasteiger partial charge in [0.1, 0.15) is 0 Å². The summed E-state index contributed by atoms with van der Waals surface area (Å²) in [4.78, 5) is 24.7. The minimum Gasteiger partial charge on any atom is -0.309 e. The lowest BCUT2D eigenvalue weighted by Crippen LogP contribution is -2.02. The molecule has 0 radical (unpaired) electrons. The van der Waals surface area contributed by atoms with Crippen LogP contribution in [0.15, 0.2) is 218 Å². The third-order valence-corrected chi connectivity index (χ3v) is 11.5. The number of fused-ring (bicyclic) bond motifs is 3. The maximum Gasteiger partial charge on any atom is 0.187 e. The Balaban J connectivity index is 1.20. The topological polar surface area (TPSA) is 60.9 Å². The van der Waals surface area contributed by atoms with Crippen molar-refractivity contribution in [3.8, 4) is 84.6 Å². The lowest BCUT2D eigenvalue weighted by molar-refractivity contribution is 1.14. The molecule has 0 saturated carbocycles. The molecule has 0 unspecified atom stereocenters. The molecule has 0 saturated heterocycles. The van der Waals surface area contributed by atoms with E-state index in [9.17, 15) is 0 Å². The van der Waals surface area contributed by atoms with Crippen molar-refractivity contribution in [1.29, 1.82) is 0 Å². The van der Waals surface area contributed by atoms with Crippen LogP contribution in [-0.4, -0.2) is 24.5 Å². The first-order chi connectivity index (χ1) is 31.2. The fraction of sp³-hybridized carbons (Fsp3) is 0. The number of hydrogen-bond donors (Lipinski definition) is 0. The summed E-state index contributed by atoms with van der Waals surface area (Å²) in [5.41, 5.74) is 14.7. The molecule has 3 aromatic heterocycles. The van der Waals surface area contributed by atoms with Gasteiger partial charge in [-0.3, -0.25) is 0 Å². The SMILES string of the molecule is [C-]#[N+]c1ccc(-c2ccc3c4ccccc4n(-c4ccc(-c5nc(-c6ccccc6)cc(-c6ccccc6)n5)cc4-c4cc(-c5ccccc5)nc(-c5ccccc5)n4)c3c2)cc1. The zero-order valence-electron chi connectivity index (χ0n) is 34.0. The lowest BCUT2D eigenvalue weighted by Gasteiger charge is -2.17.